The lowest BCUT2D eigenvalue weighted by Crippen LogP contribution is -2.50. The predicted molar refractivity (Wildman–Crippen MR) is 148 cm³/mol. The molecule has 1 aromatic heterocycles. The number of carbonyl (C=O) groups is 2. The van der Waals surface area contributed by atoms with Gasteiger partial charge in [0.2, 0.25) is 5.91 Å². The van der Waals surface area contributed by atoms with Crippen LogP contribution in [0, 0.1) is 11.8 Å². The second kappa shape index (κ2) is 11.2. The normalized spacial score (nSPS) is 23.2. The molecule has 0 bridgehead atoms. The molecule has 1 amide bonds. The van der Waals surface area contributed by atoms with E-state index in [0.29, 0.717) is 16.5 Å². The maximum Gasteiger partial charge on any atom is 0.348 e. The zero-order chi connectivity index (χ0) is 25.1. The molecule has 1 saturated heterocycles. The minimum Gasteiger partial charge on any atom is -0.477 e. The molecule has 6 heteroatoms. The minimum atomic E-state index is -0.922. The van der Waals surface area contributed by atoms with Crippen molar-refractivity contribution in [3.05, 3.63) is 52.2 Å². The van der Waals surface area contributed by atoms with Crippen LogP contribution in [0.15, 0.2) is 42.5 Å². The number of amides is 1. The van der Waals surface area contributed by atoms with E-state index in [1.807, 2.05) is 17.0 Å². The summed E-state index contributed by atoms with van der Waals surface area (Å²) < 4.78 is 0. The highest BCUT2D eigenvalue weighted by atomic mass is 32.1. The van der Waals surface area contributed by atoms with Gasteiger partial charge < -0.3 is 14.9 Å². The number of nitrogens with zero attached hydrogens (tertiary/aromatic N) is 2. The molecule has 5 rings (SSSR count). The summed E-state index contributed by atoms with van der Waals surface area (Å²) in [6.07, 6.45) is 12.3. The highest BCUT2D eigenvalue weighted by Crippen LogP contribution is 2.41. The van der Waals surface area contributed by atoms with Crippen LogP contribution in [0.25, 0.3) is 5.57 Å². The Balaban J connectivity index is 1.46. The van der Waals surface area contributed by atoms with Crippen molar-refractivity contribution in [2.45, 2.75) is 77.2 Å². The molecular weight excluding hydrogens is 468 g/mol. The first-order chi connectivity index (χ1) is 17.5. The van der Waals surface area contributed by atoms with Crippen LogP contribution in [-0.4, -0.2) is 36.1 Å². The van der Waals surface area contributed by atoms with Gasteiger partial charge in [0.15, 0.2) is 0 Å². The van der Waals surface area contributed by atoms with Crippen LogP contribution in [0.5, 0.6) is 0 Å². The Morgan fingerprint density at radius 2 is 1.72 bits per heavy atom. The van der Waals surface area contributed by atoms with E-state index in [-0.39, 0.29) is 17.9 Å². The first kappa shape index (κ1) is 25.1. The Labute approximate surface area is 218 Å². The van der Waals surface area contributed by atoms with Crippen molar-refractivity contribution in [2.75, 3.05) is 22.9 Å². The van der Waals surface area contributed by atoms with Gasteiger partial charge >= 0.3 is 5.97 Å². The molecule has 1 N–H and O–H groups in total. The van der Waals surface area contributed by atoms with Gasteiger partial charge in [-0.1, -0.05) is 31.2 Å². The molecule has 0 atom stereocenters. The number of benzene rings is 1. The number of rotatable bonds is 6. The molecule has 192 valence electrons. The topological polar surface area (TPSA) is 60.9 Å². The van der Waals surface area contributed by atoms with Crippen LogP contribution >= 0.6 is 11.3 Å². The fraction of sp³-hybridized carbons (Fsp3) is 0.533. The fourth-order valence-corrected chi connectivity index (χ4v) is 7.21. The molecule has 0 spiro atoms. The number of hydrogen-bond donors (Lipinski definition) is 1. The summed E-state index contributed by atoms with van der Waals surface area (Å²) in [7, 11) is 0. The maximum atomic E-state index is 14.1. The molecule has 1 aromatic carbocycles. The van der Waals surface area contributed by atoms with Crippen molar-refractivity contribution in [1.82, 2.24) is 0 Å². The highest BCUT2D eigenvalue weighted by molar-refractivity contribution is 7.15. The van der Waals surface area contributed by atoms with Gasteiger partial charge in [-0.25, -0.2) is 4.79 Å². The highest BCUT2D eigenvalue weighted by Gasteiger charge is 2.37. The van der Waals surface area contributed by atoms with E-state index in [2.05, 4.69) is 42.2 Å². The van der Waals surface area contributed by atoms with Gasteiger partial charge in [-0.15, -0.1) is 11.3 Å². The van der Waals surface area contributed by atoms with Crippen LogP contribution < -0.4 is 9.80 Å². The van der Waals surface area contributed by atoms with Crippen LogP contribution in [0.1, 0.15) is 85.7 Å². The first-order valence-corrected chi connectivity index (χ1v) is 14.5. The summed E-state index contributed by atoms with van der Waals surface area (Å²) in [5.74, 6) is -0.122. The van der Waals surface area contributed by atoms with Gasteiger partial charge in [-0.3, -0.25) is 4.79 Å². The maximum absolute atomic E-state index is 14.1. The van der Waals surface area contributed by atoms with Crippen LogP contribution in [0.2, 0.25) is 0 Å². The van der Waals surface area contributed by atoms with E-state index in [0.717, 1.165) is 75.8 Å². The molecule has 2 aliphatic carbocycles. The number of thiophene rings is 1. The number of carbonyl (C=O) groups excluding carboxylic acids is 1. The van der Waals surface area contributed by atoms with Crippen LogP contribution in [0.3, 0.4) is 0 Å². The van der Waals surface area contributed by atoms with E-state index in [9.17, 15) is 14.7 Å². The molecule has 2 aromatic rings. The van der Waals surface area contributed by atoms with Crippen molar-refractivity contribution in [3.63, 3.8) is 0 Å². The van der Waals surface area contributed by atoms with Crippen molar-refractivity contribution in [1.29, 1.82) is 0 Å². The fourth-order valence-electron chi connectivity index (χ4n) is 6.15. The molecule has 3 aliphatic rings. The van der Waals surface area contributed by atoms with Crippen molar-refractivity contribution in [3.8, 4) is 0 Å². The van der Waals surface area contributed by atoms with Gasteiger partial charge in [0, 0.05) is 35.6 Å². The molecular formula is C30H38N2O3S. The second-order valence-electron chi connectivity index (χ2n) is 10.8. The monoisotopic (exact) mass is 506 g/mol. The van der Waals surface area contributed by atoms with Gasteiger partial charge in [-0.05, 0) is 93.9 Å². The molecule has 1 saturated carbocycles. The lowest BCUT2D eigenvalue weighted by atomic mass is 9.82. The first-order valence-electron chi connectivity index (χ1n) is 13.7. The summed E-state index contributed by atoms with van der Waals surface area (Å²) in [5.41, 5.74) is 3.09. The number of carboxylic acid groups (broad SMARTS) is 1. The van der Waals surface area contributed by atoms with Crippen molar-refractivity contribution in [2.24, 2.45) is 11.8 Å². The summed E-state index contributed by atoms with van der Waals surface area (Å²) in [4.78, 5) is 32.2. The Kier molecular flexibility index (Phi) is 7.80. The predicted octanol–water partition coefficient (Wildman–Crippen LogP) is 7.23. The lowest BCUT2D eigenvalue weighted by molar-refractivity contribution is -0.124. The Morgan fingerprint density at radius 3 is 2.36 bits per heavy atom. The lowest BCUT2D eigenvalue weighted by Gasteiger charge is -2.41. The largest absolute Gasteiger partial charge is 0.477 e. The SMILES string of the molecule is C[C@H]1CC[C@H](C(=O)N(c2cc(C3=CCCCC3)sc2C(=O)O)C2CCN(c3ccccc3)CC2)CC1. The second-order valence-corrected chi connectivity index (χ2v) is 11.9. The van der Waals surface area contributed by atoms with Crippen molar-refractivity contribution < 1.29 is 14.7 Å². The standard InChI is InChI=1S/C30H38N2O3S/c1-21-12-14-23(15-13-21)29(33)32(25-16-18-31(19-17-25)24-10-6-3-7-11-24)26-20-27(36-28(26)30(34)35)22-8-4-2-5-9-22/h3,6-8,10-11,20-21,23,25H,2,4-5,9,12-19H2,1H3,(H,34,35)/t21-,23-. The smallest absolute Gasteiger partial charge is 0.348 e. The zero-order valence-corrected chi connectivity index (χ0v) is 22.1. The number of hydrogen-bond acceptors (Lipinski definition) is 4. The summed E-state index contributed by atoms with van der Waals surface area (Å²) in [5, 5.41) is 10.2. The van der Waals surface area contributed by atoms with Gasteiger partial charge in [0.25, 0.3) is 0 Å². The zero-order valence-electron chi connectivity index (χ0n) is 21.3. The molecule has 5 nitrogen and oxygen atoms in total. The van der Waals surface area contributed by atoms with Crippen LogP contribution in [-0.2, 0) is 4.79 Å². The van der Waals surface area contributed by atoms with Gasteiger partial charge in [0.05, 0.1) is 5.69 Å². The minimum absolute atomic E-state index is 0.00718. The number of piperidine rings is 1. The van der Waals surface area contributed by atoms with Gasteiger partial charge in [0.1, 0.15) is 4.88 Å². The number of allylic oxidation sites excluding steroid dienone is 2. The Bertz CT molecular complexity index is 1090. The quantitative estimate of drug-likeness (QED) is 0.449. The molecule has 2 heterocycles. The summed E-state index contributed by atoms with van der Waals surface area (Å²) in [6, 6.07) is 12.5. The third kappa shape index (κ3) is 5.39. The van der Waals surface area contributed by atoms with Crippen molar-refractivity contribution >= 4 is 40.2 Å². The van der Waals surface area contributed by atoms with E-state index >= 15 is 0 Å². The Morgan fingerprint density at radius 1 is 1.00 bits per heavy atom. The van der Waals surface area contributed by atoms with E-state index in [4.69, 9.17) is 0 Å². The summed E-state index contributed by atoms with van der Waals surface area (Å²) >= 11 is 1.36. The molecule has 0 unspecified atom stereocenters. The van der Waals surface area contributed by atoms with E-state index in [1.54, 1.807) is 0 Å². The third-order valence-corrected chi connectivity index (χ3v) is 9.52. The number of carboxylic acids is 1. The number of aromatic carboxylic acids is 1. The van der Waals surface area contributed by atoms with E-state index in [1.165, 1.54) is 29.0 Å². The Hall–Kier alpha value is -2.60. The molecule has 0 radical (unpaired) electrons. The summed E-state index contributed by atoms with van der Waals surface area (Å²) in [6.45, 7) is 4.00. The third-order valence-electron chi connectivity index (χ3n) is 8.33. The number of anilines is 2. The van der Waals surface area contributed by atoms with E-state index < -0.39 is 5.97 Å². The average molecular weight is 507 g/mol. The molecule has 1 aliphatic heterocycles. The average Bonchev–Trinajstić information content (AvgIpc) is 3.36. The van der Waals surface area contributed by atoms with Crippen LogP contribution in [0.4, 0.5) is 11.4 Å². The molecule has 2 fully saturated rings. The van der Waals surface area contributed by atoms with Gasteiger partial charge in [-0.2, -0.15) is 0 Å². The molecule has 36 heavy (non-hydrogen) atoms. The number of para-hydroxylation sites is 1.